The highest BCUT2D eigenvalue weighted by molar-refractivity contribution is 5.78. The summed E-state index contributed by atoms with van der Waals surface area (Å²) in [5.41, 5.74) is 1.06. The molecule has 0 aliphatic heterocycles. The number of nitrogens with one attached hydrogen (secondary N) is 1. The number of ether oxygens (including phenoxy) is 2. The summed E-state index contributed by atoms with van der Waals surface area (Å²) in [7, 11) is 3.19. The van der Waals surface area contributed by atoms with Gasteiger partial charge < -0.3 is 14.8 Å². The highest BCUT2D eigenvalue weighted by atomic mass is 16.5. The molecule has 0 aliphatic carbocycles. The fourth-order valence-corrected chi connectivity index (χ4v) is 2.02. The van der Waals surface area contributed by atoms with Crippen LogP contribution in [0.5, 0.6) is 11.5 Å². The van der Waals surface area contributed by atoms with E-state index in [1.165, 1.54) is 0 Å². The van der Waals surface area contributed by atoms with E-state index in [2.05, 4.69) is 5.32 Å². The number of benzene rings is 1. The lowest BCUT2D eigenvalue weighted by molar-refractivity contribution is -0.122. The van der Waals surface area contributed by atoms with Gasteiger partial charge in [-0.25, -0.2) is 0 Å². The van der Waals surface area contributed by atoms with E-state index in [1.54, 1.807) is 19.1 Å². The van der Waals surface area contributed by atoms with Crippen molar-refractivity contribution in [1.82, 2.24) is 10.2 Å². The van der Waals surface area contributed by atoms with Crippen LogP contribution in [-0.4, -0.2) is 51.2 Å². The van der Waals surface area contributed by atoms with Crippen LogP contribution in [0.3, 0.4) is 0 Å². The van der Waals surface area contributed by atoms with Crippen LogP contribution in [0.25, 0.3) is 0 Å². The molecule has 0 unspecified atom stereocenters. The predicted molar refractivity (Wildman–Crippen MR) is 84.0 cm³/mol. The number of methoxy groups -OCH3 is 2. The molecule has 0 bridgehead atoms. The standard InChI is InChI=1S/C16H23N3O3/c1-4-19(10-8-17)12-16(20)18-9-7-13-5-6-14(21-2)15(11-13)22-3/h5-6,11H,4,7,9-10,12H2,1-3H3,(H,18,20). The topological polar surface area (TPSA) is 74.6 Å². The fraction of sp³-hybridized carbons (Fsp3) is 0.500. The number of nitriles is 1. The molecule has 1 rings (SSSR count). The maximum Gasteiger partial charge on any atom is 0.234 e. The minimum absolute atomic E-state index is 0.0717. The lowest BCUT2D eigenvalue weighted by Gasteiger charge is -2.16. The Morgan fingerprint density at radius 1 is 1.32 bits per heavy atom. The molecule has 0 aromatic heterocycles. The molecule has 1 N–H and O–H groups in total. The fourth-order valence-electron chi connectivity index (χ4n) is 2.02. The van der Waals surface area contributed by atoms with E-state index in [4.69, 9.17) is 14.7 Å². The molecule has 0 saturated carbocycles. The summed E-state index contributed by atoms with van der Waals surface area (Å²) in [5.74, 6) is 1.29. The largest absolute Gasteiger partial charge is 0.493 e. The number of amides is 1. The highest BCUT2D eigenvalue weighted by Crippen LogP contribution is 2.27. The molecule has 0 heterocycles. The summed E-state index contributed by atoms with van der Waals surface area (Å²) < 4.78 is 10.4. The van der Waals surface area contributed by atoms with Crippen molar-refractivity contribution in [3.8, 4) is 17.6 Å². The van der Waals surface area contributed by atoms with Gasteiger partial charge in [-0.2, -0.15) is 5.26 Å². The van der Waals surface area contributed by atoms with Gasteiger partial charge in [0.1, 0.15) is 0 Å². The van der Waals surface area contributed by atoms with Gasteiger partial charge in [0.05, 0.1) is 33.4 Å². The molecule has 6 heteroatoms. The van der Waals surface area contributed by atoms with Crippen LogP contribution >= 0.6 is 0 Å². The van der Waals surface area contributed by atoms with Crippen molar-refractivity contribution in [3.63, 3.8) is 0 Å². The number of hydrogen-bond donors (Lipinski definition) is 1. The van der Waals surface area contributed by atoms with E-state index in [-0.39, 0.29) is 19.0 Å². The van der Waals surface area contributed by atoms with Crippen molar-refractivity contribution >= 4 is 5.91 Å². The molecule has 0 saturated heterocycles. The first-order chi connectivity index (χ1) is 10.6. The molecule has 120 valence electrons. The third-order valence-corrected chi connectivity index (χ3v) is 3.29. The summed E-state index contributed by atoms with van der Waals surface area (Å²) in [6.45, 7) is 3.65. The predicted octanol–water partition coefficient (Wildman–Crippen LogP) is 1.21. The molecular formula is C16H23N3O3. The van der Waals surface area contributed by atoms with Crippen LogP contribution in [0.4, 0.5) is 0 Å². The number of carbonyl (C=O) groups is 1. The number of likely N-dealkylation sites (N-methyl/N-ethyl adjacent to an activating group) is 1. The second kappa shape index (κ2) is 9.64. The third kappa shape index (κ3) is 5.62. The quantitative estimate of drug-likeness (QED) is 0.694. The summed E-state index contributed by atoms with van der Waals surface area (Å²) in [6, 6.07) is 7.75. The molecule has 0 spiro atoms. The van der Waals surface area contributed by atoms with Crippen molar-refractivity contribution in [3.05, 3.63) is 23.8 Å². The van der Waals surface area contributed by atoms with E-state index in [9.17, 15) is 4.79 Å². The Morgan fingerprint density at radius 3 is 2.64 bits per heavy atom. The molecule has 1 aromatic carbocycles. The normalized spacial score (nSPS) is 10.1. The number of carbonyl (C=O) groups excluding carboxylic acids is 1. The summed E-state index contributed by atoms with van der Waals surface area (Å²) in [5, 5.41) is 11.5. The maximum absolute atomic E-state index is 11.8. The van der Waals surface area contributed by atoms with Crippen LogP contribution in [0.15, 0.2) is 18.2 Å². The second-order valence-corrected chi connectivity index (χ2v) is 4.75. The molecule has 0 fully saturated rings. The van der Waals surface area contributed by atoms with Crippen LogP contribution in [0, 0.1) is 11.3 Å². The van der Waals surface area contributed by atoms with E-state index in [0.29, 0.717) is 31.0 Å². The van der Waals surface area contributed by atoms with E-state index >= 15 is 0 Å². The molecule has 0 radical (unpaired) electrons. The van der Waals surface area contributed by atoms with Crippen LogP contribution < -0.4 is 14.8 Å². The van der Waals surface area contributed by atoms with Crippen molar-refractivity contribution in [1.29, 1.82) is 5.26 Å². The number of rotatable bonds is 9. The zero-order valence-corrected chi connectivity index (χ0v) is 13.4. The Bertz CT molecular complexity index is 526. The van der Waals surface area contributed by atoms with Gasteiger partial charge in [0.2, 0.25) is 5.91 Å². The first-order valence-corrected chi connectivity index (χ1v) is 7.21. The average Bonchev–Trinajstić information content (AvgIpc) is 2.54. The Hall–Kier alpha value is -2.26. The first-order valence-electron chi connectivity index (χ1n) is 7.21. The monoisotopic (exact) mass is 305 g/mol. The zero-order valence-electron chi connectivity index (χ0n) is 13.4. The summed E-state index contributed by atoms with van der Waals surface area (Å²) in [6.07, 6.45) is 0.705. The third-order valence-electron chi connectivity index (χ3n) is 3.29. The Morgan fingerprint density at radius 2 is 2.05 bits per heavy atom. The SMILES string of the molecule is CCN(CC#N)CC(=O)NCCc1ccc(OC)c(OC)c1. The first kappa shape index (κ1) is 17.8. The van der Waals surface area contributed by atoms with Gasteiger partial charge >= 0.3 is 0 Å². The molecular weight excluding hydrogens is 282 g/mol. The van der Waals surface area contributed by atoms with Gasteiger partial charge in [-0.15, -0.1) is 0 Å². The molecule has 6 nitrogen and oxygen atoms in total. The van der Waals surface area contributed by atoms with Crippen LogP contribution in [-0.2, 0) is 11.2 Å². The molecule has 1 amide bonds. The lowest BCUT2D eigenvalue weighted by atomic mass is 10.1. The minimum Gasteiger partial charge on any atom is -0.493 e. The lowest BCUT2D eigenvalue weighted by Crippen LogP contribution is -2.38. The van der Waals surface area contributed by atoms with Gasteiger partial charge in [-0.3, -0.25) is 9.69 Å². The smallest absolute Gasteiger partial charge is 0.234 e. The van der Waals surface area contributed by atoms with E-state index in [0.717, 1.165) is 5.56 Å². The van der Waals surface area contributed by atoms with Gasteiger partial charge in [0.25, 0.3) is 0 Å². The van der Waals surface area contributed by atoms with E-state index < -0.39 is 0 Å². The van der Waals surface area contributed by atoms with Gasteiger partial charge in [-0.05, 0) is 30.7 Å². The molecule has 22 heavy (non-hydrogen) atoms. The molecule has 1 aromatic rings. The van der Waals surface area contributed by atoms with Crippen molar-refractivity contribution in [2.75, 3.05) is 40.4 Å². The highest BCUT2D eigenvalue weighted by Gasteiger charge is 2.08. The van der Waals surface area contributed by atoms with Crippen molar-refractivity contribution in [2.24, 2.45) is 0 Å². The number of nitrogens with zero attached hydrogens (tertiary/aromatic N) is 2. The van der Waals surface area contributed by atoms with Gasteiger partial charge in [0.15, 0.2) is 11.5 Å². The molecule has 0 atom stereocenters. The van der Waals surface area contributed by atoms with Crippen molar-refractivity contribution < 1.29 is 14.3 Å². The average molecular weight is 305 g/mol. The Balaban J connectivity index is 2.44. The minimum atomic E-state index is -0.0717. The zero-order chi connectivity index (χ0) is 16.4. The van der Waals surface area contributed by atoms with Crippen molar-refractivity contribution in [2.45, 2.75) is 13.3 Å². The summed E-state index contributed by atoms with van der Waals surface area (Å²) >= 11 is 0. The maximum atomic E-state index is 11.8. The van der Waals surface area contributed by atoms with Crippen LogP contribution in [0.2, 0.25) is 0 Å². The second-order valence-electron chi connectivity index (χ2n) is 4.75. The molecule has 0 aliphatic rings. The number of hydrogen-bond acceptors (Lipinski definition) is 5. The summed E-state index contributed by atoms with van der Waals surface area (Å²) in [4.78, 5) is 13.6. The van der Waals surface area contributed by atoms with Gasteiger partial charge in [-0.1, -0.05) is 13.0 Å². The Kier molecular flexibility index (Phi) is 7.79. The van der Waals surface area contributed by atoms with Crippen LogP contribution in [0.1, 0.15) is 12.5 Å². The van der Waals surface area contributed by atoms with E-state index in [1.807, 2.05) is 31.2 Å². The Labute approximate surface area is 131 Å². The van der Waals surface area contributed by atoms with Gasteiger partial charge in [0, 0.05) is 6.54 Å².